The summed E-state index contributed by atoms with van der Waals surface area (Å²) in [5.41, 5.74) is 2.33. The lowest BCUT2D eigenvalue weighted by Crippen LogP contribution is -2.32. The average molecular weight is 326 g/mol. The maximum Gasteiger partial charge on any atom is 0.248 e. The number of rotatable bonds is 4. The fourth-order valence-corrected chi connectivity index (χ4v) is 3.62. The van der Waals surface area contributed by atoms with Gasteiger partial charge >= 0.3 is 0 Å². The molecular weight excluding hydrogens is 308 g/mol. The van der Waals surface area contributed by atoms with Crippen molar-refractivity contribution in [3.05, 3.63) is 52.8 Å². The molecule has 3 aromatic rings. The van der Waals surface area contributed by atoms with Crippen LogP contribution in [-0.2, 0) is 6.54 Å². The first kappa shape index (κ1) is 14.5. The SMILES string of the molecule is c1cc(CN2CCC(c3nnc(-c4ccsc4)o3)CC2)ccn1. The molecule has 6 heteroatoms. The molecule has 0 unspecified atom stereocenters. The summed E-state index contributed by atoms with van der Waals surface area (Å²) in [7, 11) is 0. The monoisotopic (exact) mass is 326 g/mol. The number of likely N-dealkylation sites (tertiary alicyclic amines) is 1. The highest BCUT2D eigenvalue weighted by Gasteiger charge is 2.25. The zero-order chi connectivity index (χ0) is 15.5. The van der Waals surface area contributed by atoms with E-state index in [-0.39, 0.29) is 0 Å². The maximum absolute atomic E-state index is 5.88. The molecule has 5 nitrogen and oxygen atoms in total. The molecule has 4 rings (SSSR count). The second-order valence-electron chi connectivity index (χ2n) is 5.86. The van der Waals surface area contributed by atoms with Crippen molar-refractivity contribution >= 4 is 11.3 Å². The summed E-state index contributed by atoms with van der Waals surface area (Å²) in [5, 5.41) is 12.5. The number of hydrogen-bond donors (Lipinski definition) is 0. The Bertz CT molecular complexity index is 733. The molecule has 0 amide bonds. The molecule has 0 radical (unpaired) electrons. The van der Waals surface area contributed by atoms with Crippen molar-refractivity contribution in [3.63, 3.8) is 0 Å². The Hall–Kier alpha value is -2.05. The molecule has 118 valence electrons. The Morgan fingerprint density at radius 1 is 1.13 bits per heavy atom. The molecule has 1 saturated heterocycles. The van der Waals surface area contributed by atoms with Gasteiger partial charge in [-0.1, -0.05) is 0 Å². The third-order valence-electron chi connectivity index (χ3n) is 4.30. The van der Waals surface area contributed by atoms with Crippen molar-refractivity contribution in [2.24, 2.45) is 0 Å². The number of nitrogens with zero attached hydrogens (tertiary/aromatic N) is 4. The predicted molar refractivity (Wildman–Crippen MR) is 89.1 cm³/mol. The van der Waals surface area contributed by atoms with Crippen LogP contribution in [0.3, 0.4) is 0 Å². The highest BCUT2D eigenvalue weighted by molar-refractivity contribution is 7.08. The second kappa shape index (κ2) is 6.60. The predicted octanol–water partition coefficient (Wildman–Crippen LogP) is 3.57. The van der Waals surface area contributed by atoms with E-state index in [0.29, 0.717) is 11.8 Å². The summed E-state index contributed by atoms with van der Waals surface area (Å²) in [6.45, 7) is 3.10. The first-order valence-electron chi connectivity index (χ1n) is 7.86. The molecule has 1 aliphatic heterocycles. The Morgan fingerprint density at radius 2 is 1.96 bits per heavy atom. The molecule has 0 atom stereocenters. The van der Waals surface area contributed by atoms with E-state index in [2.05, 4.69) is 32.2 Å². The molecule has 4 heterocycles. The minimum absolute atomic E-state index is 0.378. The third-order valence-corrected chi connectivity index (χ3v) is 4.98. The lowest BCUT2D eigenvalue weighted by Gasteiger charge is -2.30. The molecule has 0 N–H and O–H groups in total. The second-order valence-corrected chi connectivity index (χ2v) is 6.64. The maximum atomic E-state index is 5.88. The number of pyridine rings is 1. The first-order valence-corrected chi connectivity index (χ1v) is 8.80. The number of aromatic nitrogens is 3. The van der Waals surface area contributed by atoms with Crippen LogP contribution >= 0.6 is 11.3 Å². The number of hydrogen-bond acceptors (Lipinski definition) is 6. The zero-order valence-corrected chi connectivity index (χ0v) is 13.6. The van der Waals surface area contributed by atoms with Gasteiger partial charge in [0.05, 0.1) is 0 Å². The quantitative estimate of drug-likeness (QED) is 0.733. The fraction of sp³-hybridized carbons (Fsp3) is 0.353. The Kier molecular flexibility index (Phi) is 4.17. The number of piperidine rings is 1. The summed E-state index contributed by atoms with van der Waals surface area (Å²) < 4.78 is 5.88. The van der Waals surface area contributed by atoms with Crippen LogP contribution in [0.4, 0.5) is 0 Å². The van der Waals surface area contributed by atoms with Gasteiger partial charge in [-0.3, -0.25) is 9.88 Å². The zero-order valence-electron chi connectivity index (χ0n) is 12.8. The van der Waals surface area contributed by atoms with Crippen LogP contribution in [0, 0.1) is 0 Å². The van der Waals surface area contributed by atoms with Gasteiger partial charge in [0.15, 0.2) is 0 Å². The Balaban J connectivity index is 1.36. The summed E-state index contributed by atoms with van der Waals surface area (Å²) in [4.78, 5) is 6.54. The summed E-state index contributed by atoms with van der Waals surface area (Å²) >= 11 is 1.64. The highest BCUT2D eigenvalue weighted by Crippen LogP contribution is 2.30. The van der Waals surface area contributed by atoms with Gasteiger partial charge in [0.25, 0.3) is 0 Å². The van der Waals surface area contributed by atoms with E-state index in [1.54, 1.807) is 11.3 Å². The van der Waals surface area contributed by atoms with Gasteiger partial charge in [0.2, 0.25) is 11.8 Å². The van der Waals surface area contributed by atoms with Gasteiger partial charge in [-0.25, -0.2) is 0 Å². The van der Waals surface area contributed by atoms with Crippen LogP contribution in [0.15, 0.2) is 45.8 Å². The van der Waals surface area contributed by atoms with Crippen molar-refractivity contribution < 1.29 is 4.42 Å². The van der Waals surface area contributed by atoms with Crippen LogP contribution in [0.25, 0.3) is 11.5 Å². The van der Waals surface area contributed by atoms with Gasteiger partial charge in [0, 0.05) is 35.8 Å². The lowest BCUT2D eigenvalue weighted by atomic mass is 9.96. The van der Waals surface area contributed by atoms with E-state index >= 15 is 0 Å². The smallest absolute Gasteiger partial charge is 0.248 e. The van der Waals surface area contributed by atoms with E-state index in [9.17, 15) is 0 Å². The first-order chi connectivity index (χ1) is 11.4. The van der Waals surface area contributed by atoms with Gasteiger partial charge in [-0.15, -0.1) is 10.2 Å². The molecule has 1 fully saturated rings. The minimum atomic E-state index is 0.378. The van der Waals surface area contributed by atoms with Crippen molar-refractivity contribution in [2.75, 3.05) is 13.1 Å². The average Bonchev–Trinajstić information content (AvgIpc) is 3.28. The molecular formula is C17H18N4OS. The standard InChI is InChI=1S/C17H18N4OS/c1-6-18-7-2-13(1)11-21-8-3-14(4-9-21)16-19-20-17(22-16)15-5-10-23-12-15/h1-2,5-7,10,12,14H,3-4,8-9,11H2. The highest BCUT2D eigenvalue weighted by atomic mass is 32.1. The lowest BCUT2D eigenvalue weighted by molar-refractivity contribution is 0.193. The van der Waals surface area contributed by atoms with Gasteiger partial charge < -0.3 is 4.42 Å². The fourth-order valence-electron chi connectivity index (χ4n) is 2.99. The van der Waals surface area contributed by atoms with Gasteiger partial charge in [-0.05, 0) is 55.1 Å². The molecule has 0 aliphatic carbocycles. The van der Waals surface area contributed by atoms with Gasteiger partial charge in [0.1, 0.15) is 0 Å². The van der Waals surface area contributed by atoms with Crippen molar-refractivity contribution in [2.45, 2.75) is 25.3 Å². The molecule has 0 spiro atoms. The molecule has 0 aromatic carbocycles. The van der Waals surface area contributed by atoms with E-state index in [4.69, 9.17) is 4.42 Å². The molecule has 23 heavy (non-hydrogen) atoms. The summed E-state index contributed by atoms with van der Waals surface area (Å²) in [5.74, 6) is 1.80. The van der Waals surface area contributed by atoms with E-state index < -0.39 is 0 Å². The van der Waals surface area contributed by atoms with E-state index in [1.165, 1.54) is 5.56 Å². The van der Waals surface area contributed by atoms with Crippen LogP contribution in [0.2, 0.25) is 0 Å². The van der Waals surface area contributed by atoms with E-state index in [0.717, 1.165) is 43.9 Å². The van der Waals surface area contributed by atoms with Crippen molar-refractivity contribution in [1.82, 2.24) is 20.1 Å². The van der Waals surface area contributed by atoms with Crippen molar-refractivity contribution in [1.29, 1.82) is 0 Å². The van der Waals surface area contributed by atoms with Crippen LogP contribution in [-0.4, -0.2) is 33.2 Å². The summed E-state index contributed by atoms with van der Waals surface area (Å²) in [6, 6.07) is 6.17. The Labute approximate surface area is 139 Å². The normalized spacial score (nSPS) is 16.7. The summed E-state index contributed by atoms with van der Waals surface area (Å²) in [6.07, 6.45) is 5.84. The Morgan fingerprint density at radius 3 is 2.70 bits per heavy atom. The van der Waals surface area contributed by atoms with Crippen molar-refractivity contribution in [3.8, 4) is 11.5 Å². The topological polar surface area (TPSA) is 55.1 Å². The van der Waals surface area contributed by atoms with Gasteiger partial charge in [-0.2, -0.15) is 11.3 Å². The molecule has 3 aromatic heterocycles. The minimum Gasteiger partial charge on any atom is -0.420 e. The largest absolute Gasteiger partial charge is 0.420 e. The van der Waals surface area contributed by atoms with Crippen LogP contribution < -0.4 is 0 Å². The molecule has 1 aliphatic rings. The third kappa shape index (κ3) is 3.33. The number of thiophene rings is 1. The van der Waals surface area contributed by atoms with Crippen LogP contribution in [0.5, 0.6) is 0 Å². The van der Waals surface area contributed by atoms with Crippen LogP contribution in [0.1, 0.15) is 30.2 Å². The molecule has 0 bridgehead atoms. The molecule has 0 saturated carbocycles. The van der Waals surface area contributed by atoms with E-state index in [1.807, 2.05) is 29.2 Å².